The Bertz CT molecular complexity index is 498. The standard InChI is InChI=1S/C15H16FNO/c16-14-8-6-12(7-9-14)10-15(18,11-17)13-4-2-1-3-5-13/h1-9,18H,10-11,17H2. The van der Waals surface area contributed by atoms with Crippen molar-refractivity contribution in [3.8, 4) is 0 Å². The zero-order valence-electron chi connectivity index (χ0n) is 10.0. The number of halogens is 1. The van der Waals surface area contributed by atoms with Gasteiger partial charge in [0.15, 0.2) is 0 Å². The van der Waals surface area contributed by atoms with Gasteiger partial charge in [-0.3, -0.25) is 0 Å². The summed E-state index contributed by atoms with van der Waals surface area (Å²) in [7, 11) is 0. The van der Waals surface area contributed by atoms with Gasteiger partial charge in [-0.05, 0) is 23.3 Å². The average molecular weight is 245 g/mol. The predicted octanol–water partition coefficient (Wildman–Crippen LogP) is 2.21. The van der Waals surface area contributed by atoms with Crippen LogP contribution in [0.1, 0.15) is 11.1 Å². The molecule has 3 N–H and O–H groups in total. The molecule has 0 radical (unpaired) electrons. The van der Waals surface area contributed by atoms with Gasteiger partial charge in [-0.25, -0.2) is 4.39 Å². The van der Waals surface area contributed by atoms with Crippen molar-refractivity contribution in [2.24, 2.45) is 5.73 Å². The molecule has 0 aliphatic heterocycles. The van der Waals surface area contributed by atoms with Crippen LogP contribution in [0.15, 0.2) is 54.6 Å². The lowest BCUT2D eigenvalue weighted by atomic mass is 9.87. The number of hydrogen-bond acceptors (Lipinski definition) is 2. The normalized spacial score (nSPS) is 14.2. The van der Waals surface area contributed by atoms with Gasteiger partial charge in [0.25, 0.3) is 0 Å². The number of hydrogen-bond donors (Lipinski definition) is 2. The van der Waals surface area contributed by atoms with Crippen LogP contribution in [0.3, 0.4) is 0 Å². The van der Waals surface area contributed by atoms with Crippen molar-refractivity contribution >= 4 is 0 Å². The number of rotatable bonds is 4. The van der Waals surface area contributed by atoms with E-state index in [-0.39, 0.29) is 12.4 Å². The fourth-order valence-electron chi connectivity index (χ4n) is 1.98. The van der Waals surface area contributed by atoms with Crippen LogP contribution >= 0.6 is 0 Å². The van der Waals surface area contributed by atoms with Crippen molar-refractivity contribution < 1.29 is 9.50 Å². The molecule has 2 aromatic carbocycles. The summed E-state index contributed by atoms with van der Waals surface area (Å²) in [6.45, 7) is 0.119. The molecular formula is C15H16FNO. The minimum atomic E-state index is -1.11. The molecule has 0 spiro atoms. The lowest BCUT2D eigenvalue weighted by Crippen LogP contribution is -2.37. The molecule has 0 amide bonds. The van der Waals surface area contributed by atoms with Crippen molar-refractivity contribution in [1.82, 2.24) is 0 Å². The molecule has 0 fully saturated rings. The van der Waals surface area contributed by atoms with Crippen LogP contribution in [0.4, 0.5) is 4.39 Å². The fourth-order valence-corrected chi connectivity index (χ4v) is 1.98. The van der Waals surface area contributed by atoms with E-state index in [0.717, 1.165) is 11.1 Å². The second-order valence-corrected chi connectivity index (χ2v) is 4.40. The summed E-state index contributed by atoms with van der Waals surface area (Å²) in [5.74, 6) is -0.283. The van der Waals surface area contributed by atoms with Crippen LogP contribution in [0.5, 0.6) is 0 Å². The van der Waals surface area contributed by atoms with Gasteiger partial charge in [0.2, 0.25) is 0 Å². The molecule has 2 rings (SSSR count). The predicted molar refractivity (Wildman–Crippen MR) is 69.5 cm³/mol. The highest BCUT2D eigenvalue weighted by Gasteiger charge is 2.27. The van der Waals surface area contributed by atoms with E-state index in [9.17, 15) is 9.50 Å². The Morgan fingerprint density at radius 1 is 1.00 bits per heavy atom. The third-order valence-electron chi connectivity index (χ3n) is 3.06. The zero-order valence-corrected chi connectivity index (χ0v) is 10.0. The van der Waals surface area contributed by atoms with Crippen molar-refractivity contribution in [2.45, 2.75) is 12.0 Å². The van der Waals surface area contributed by atoms with E-state index in [2.05, 4.69) is 0 Å². The molecule has 0 aromatic heterocycles. The molecule has 2 aromatic rings. The highest BCUT2D eigenvalue weighted by molar-refractivity contribution is 5.27. The van der Waals surface area contributed by atoms with Gasteiger partial charge >= 0.3 is 0 Å². The molecule has 0 bridgehead atoms. The van der Waals surface area contributed by atoms with Gasteiger partial charge in [0, 0.05) is 13.0 Å². The van der Waals surface area contributed by atoms with Crippen LogP contribution in [-0.4, -0.2) is 11.7 Å². The average Bonchev–Trinajstić information content (AvgIpc) is 2.42. The molecule has 3 heteroatoms. The number of aliphatic hydroxyl groups is 1. The van der Waals surface area contributed by atoms with E-state index in [4.69, 9.17) is 5.73 Å². The maximum atomic E-state index is 12.8. The van der Waals surface area contributed by atoms with Gasteiger partial charge in [0.1, 0.15) is 11.4 Å². The first-order valence-corrected chi connectivity index (χ1v) is 5.86. The molecule has 1 unspecified atom stereocenters. The van der Waals surface area contributed by atoms with E-state index in [1.165, 1.54) is 12.1 Å². The molecule has 0 aliphatic rings. The second-order valence-electron chi connectivity index (χ2n) is 4.40. The molecule has 0 saturated heterocycles. The van der Waals surface area contributed by atoms with Crippen molar-refractivity contribution in [3.05, 3.63) is 71.5 Å². The fraction of sp³-hybridized carbons (Fsp3) is 0.200. The minimum absolute atomic E-state index is 0.119. The van der Waals surface area contributed by atoms with E-state index in [1.54, 1.807) is 12.1 Å². The number of benzene rings is 2. The number of nitrogens with two attached hydrogens (primary N) is 1. The molecule has 0 saturated carbocycles. The summed E-state index contributed by atoms with van der Waals surface area (Å²) in [6.07, 6.45) is 0.369. The Morgan fingerprint density at radius 3 is 2.17 bits per heavy atom. The molecule has 18 heavy (non-hydrogen) atoms. The van der Waals surface area contributed by atoms with Crippen LogP contribution in [0, 0.1) is 5.82 Å². The van der Waals surface area contributed by atoms with Gasteiger partial charge in [-0.15, -0.1) is 0 Å². The highest BCUT2D eigenvalue weighted by Crippen LogP contribution is 2.24. The van der Waals surface area contributed by atoms with E-state index in [0.29, 0.717) is 6.42 Å². The second kappa shape index (κ2) is 5.29. The van der Waals surface area contributed by atoms with Gasteiger partial charge in [-0.2, -0.15) is 0 Å². The van der Waals surface area contributed by atoms with Gasteiger partial charge in [-0.1, -0.05) is 42.5 Å². The Morgan fingerprint density at radius 2 is 1.61 bits per heavy atom. The summed E-state index contributed by atoms with van der Waals surface area (Å²) in [6, 6.07) is 15.4. The van der Waals surface area contributed by atoms with E-state index < -0.39 is 5.60 Å². The van der Waals surface area contributed by atoms with Crippen LogP contribution in [0.2, 0.25) is 0 Å². The lowest BCUT2D eigenvalue weighted by molar-refractivity contribution is 0.0462. The summed E-state index contributed by atoms with van der Waals surface area (Å²) in [5.41, 5.74) is 6.21. The maximum Gasteiger partial charge on any atom is 0.123 e. The summed E-state index contributed by atoms with van der Waals surface area (Å²) < 4.78 is 12.8. The Balaban J connectivity index is 2.26. The molecular weight excluding hydrogens is 229 g/mol. The van der Waals surface area contributed by atoms with Gasteiger partial charge < -0.3 is 10.8 Å². The minimum Gasteiger partial charge on any atom is -0.383 e. The summed E-state index contributed by atoms with van der Waals surface area (Å²) in [5, 5.41) is 10.6. The van der Waals surface area contributed by atoms with Gasteiger partial charge in [0.05, 0.1) is 0 Å². The van der Waals surface area contributed by atoms with Crippen molar-refractivity contribution in [1.29, 1.82) is 0 Å². The third-order valence-corrected chi connectivity index (χ3v) is 3.06. The topological polar surface area (TPSA) is 46.2 Å². The highest BCUT2D eigenvalue weighted by atomic mass is 19.1. The smallest absolute Gasteiger partial charge is 0.123 e. The van der Waals surface area contributed by atoms with Crippen LogP contribution in [0.25, 0.3) is 0 Å². The lowest BCUT2D eigenvalue weighted by Gasteiger charge is -2.27. The molecule has 0 aliphatic carbocycles. The van der Waals surface area contributed by atoms with Crippen molar-refractivity contribution in [3.63, 3.8) is 0 Å². The van der Waals surface area contributed by atoms with Crippen LogP contribution < -0.4 is 5.73 Å². The Labute approximate surface area is 106 Å². The summed E-state index contributed by atoms with van der Waals surface area (Å²) in [4.78, 5) is 0. The first kappa shape index (κ1) is 12.7. The third kappa shape index (κ3) is 2.75. The molecule has 1 atom stereocenters. The van der Waals surface area contributed by atoms with E-state index in [1.807, 2.05) is 30.3 Å². The van der Waals surface area contributed by atoms with Crippen molar-refractivity contribution in [2.75, 3.05) is 6.54 Å². The Hall–Kier alpha value is -1.71. The summed E-state index contributed by atoms with van der Waals surface area (Å²) >= 11 is 0. The first-order chi connectivity index (χ1) is 8.64. The SMILES string of the molecule is NCC(O)(Cc1ccc(F)cc1)c1ccccc1. The molecule has 0 heterocycles. The maximum absolute atomic E-state index is 12.8. The molecule has 94 valence electrons. The van der Waals surface area contributed by atoms with Crippen LogP contribution in [-0.2, 0) is 12.0 Å². The quantitative estimate of drug-likeness (QED) is 0.867. The Kier molecular flexibility index (Phi) is 3.75. The zero-order chi connectivity index (χ0) is 13.0. The largest absolute Gasteiger partial charge is 0.383 e. The first-order valence-electron chi connectivity index (χ1n) is 5.86. The molecule has 2 nitrogen and oxygen atoms in total. The van der Waals surface area contributed by atoms with E-state index >= 15 is 0 Å². The monoisotopic (exact) mass is 245 g/mol.